The van der Waals surface area contributed by atoms with Gasteiger partial charge in [-0.25, -0.2) is 0 Å². The third-order valence-electron chi connectivity index (χ3n) is 4.48. The van der Waals surface area contributed by atoms with Crippen LogP contribution in [-0.2, 0) is 14.8 Å². The number of unbranched alkanes of at least 4 members (excludes halogenated alkanes) is 9. The maximum atomic E-state index is 12.7. The Morgan fingerprint density at radius 1 is 1.00 bits per heavy atom. The molecule has 0 bridgehead atoms. The normalized spacial score (nSPS) is 18.1. The number of nitrogens with zero attached hydrogens (tertiary/aromatic N) is 1. The van der Waals surface area contributed by atoms with Gasteiger partial charge >= 0.3 is 15.5 Å². The highest BCUT2D eigenvalue weighted by Gasteiger charge is 2.46. The lowest BCUT2D eigenvalue weighted by Gasteiger charge is -2.22. The van der Waals surface area contributed by atoms with Crippen LogP contribution in [0.4, 0.5) is 13.2 Å². The summed E-state index contributed by atoms with van der Waals surface area (Å²) >= 11 is 3.53. The van der Waals surface area contributed by atoms with Gasteiger partial charge < -0.3 is 9.84 Å². The van der Waals surface area contributed by atoms with Gasteiger partial charge in [0, 0.05) is 12.7 Å². The van der Waals surface area contributed by atoms with Gasteiger partial charge in [0.1, 0.15) is 0 Å². The van der Waals surface area contributed by atoms with Crippen LogP contribution < -0.4 is 5.11 Å². The average Bonchev–Trinajstić information content (AvgIpc) is 2.66. The SMILES string of the molecule is CCCCCCCCCCCCO/C([O-])=C1\C=C(I)C=C(I)\C1=N/S(=O)(=O)C(F)(F)F. The molecule has 0 unspecified atom stereocenters. The zero-order valence-corrected chi connectivity index (χ0v) is 22.4. The van der Waals surface area contributed by atoms with Gasteiger partial charge in [-0.15, -0.1) is 0 Å². The van der Waals surface area contributed by atoms with Crippen LogP contribution in [0.2, 0.25) is 0 Å². The second-order valence-electron chi connectivity index (χ2n) is 7.11. The fourth-order valence-electron chi connectivity index (χ4n) is 2.82. The molecule has 0 radical (unpaired) electrons. The van der Waals surface area contributed by atoms with Crippen molar-refractivity contribution in [3.8, 4) is 0 Å². The van der Waals surface area contributed by atoms with Crippen LogP contribution in [0.5, 0.6) is 0 Å². The molecule has 0 spiro atoms. The number of alkyl halides is 3. The van der Waals surface area contributed by atoms with Crippen molar-refractivity contribution in [2.24, 2.45) is 4.40 Å². The van der Waals surface area contributed by atoms with Gasteiger partial charge in [0.2, 0.25) is 0 Å². The first-order chi connectivity index (χ1) is 14.5. The number of halogens is 5. The highest BCUT2D eigenvalue weighted by molar-refractivity contribution is 14.1. The standard InChI is InChI=1S/C20H28F3I2NO4S/c1-2-3-4-5-6-7-8-9-10-11-12-30-19(27)16-13-15(24)14-17(25)18(16)26-31(28,29)20(21,22)23/h13-14,27H,2-12H2,1H3/p-1/b19-16+,26-18-. The van der Waals surface area contributed by atoms with E-state index in [1.165, 1.54) is 50.7 Å². The van der Waals surface area contributed by atoms with E-state index in [1.807, 2.05) is 22.6 Å². The summed E-state index contributed by atoms with van der Waals surface area (Å²) in [5.74, 6) is -0.886. The second-order valence-corrected chi connectivity index (χ2v) is 11.1. The molecule has 0 aromatic carbocycles. The molecule has 178 valence electrons. The van der Waals surface area contributed by atoms with E-state index in [4.69, 9.17) is 4.74 Å². The lowest BCUT2D eigenvalue weighted by atomic mass is 10.1. The predicted octanol–water partition coefficient (Wildman–Crippen LogP) is 6.44. The summed E-state index contributed by atoms with van der Waals surface area (Å²) in [6.07, 6.45) is 13.8. The van der Waals surface area contributed by atoms with E-state index in [0.717, 1.165) is 19.3 Å². The Balaban J connectivity index is 2.62. The average molecular weight is 688 g/mol. The van der Waals surface area contributed by atoms with E-state index in [2.05, 4.69) is 11.3 Å². The molecule has 0 aliphatic heterocycles. The van der Waals surface area contributed by atoms with Gasteiger partial charge in [-0.3, -0.25) is 0 Å². The van der Waals surface area contributed by atoms with Gasteiger partial charge in [-0.2, -0.15) is 26.0 Å². The van der Waals surface area contributed by atoms with Crippen LogP contribution in [-0.4, -0.2) is 26.2 Å². The molecule has 0 saturated heterocycles. The second kappa shape index (κ2) is 14.1. The first-order valence-corrected chi connectivity index (χ1v) is 13.8. The van der Waals surface area contributed by atoms with E-state index in [-0.39, 0.29) is 15.8 Å². The Labute approximate surface area is 209 Å². The summed E-state index contributed by atoms with van der Waals surface area (Å²) in [6, 6.07) is 0. The fourth-order valence-corrected chi connectivity index (χ4v) is 5.49. The quantitative estimate of drug-likeness (QED) is 0.127. The summed E-state index contributed by atoms with van der Waals surface area (Å²) in [5, 5.41) is 12.4. The van der Waals surface area contributed by atoms with Crippen molar-refractivity contribution < 1.29 is 31.4 Å². The molecule has 0 saturated carbocycles. The Bertz CT molecular complexity index is 819. The number of rotatable bonds is 13. The summed E-state index contributed by atoms with van der Waals surface area (Å²) < 4.78 is 69.7. The van der Waals surface area contributed by atoms with Crippen LogP contribution in [0.25, 0.3) is 0 Å². The molecule has 1 aliphatic carbocycles. The van der Waals surface area contributed by atoms with E-state index in [1.54, 1.807) is 22.6 Å². The molecule has 0 heterocycles. The third kappa shape index (κ3) is 10.4. The first kappa shape index (κ1) is 28.7. The summed E-state index contributed by atoms with van der Waals surface area (Å²) in [7, 11) is -5.78. The van der Waals surface area contributed by atoms with E-state index < -0.39 is 27.2 Å². The molecule has 0 aromatic rings. The highest BCUT2D eigenvalue weighted by atomic mass is 127. The van der Waals surface area contributed by atoms with Crippen molar-refractivity contribution in [2.75, 3.05) is 6.61 Å². The van der Waals surface area contributed by atoms with E-state index in [0.29, 0.717) is 10.0 Å². The topological polar surface area (TPSA) is 78.8 Å². The summed E-state index contributed by atoms with van der Waals surface area (Å²) in [6.45, 7) is 2.30. The number of allylic oxidation sites excluding steroid dienone is 5. The van der Waals surface area contributed by atoms with Gasteiger partial charge in [-0.1, -0.05) is 64.7 Å². The lowest BCUT2D eigenvalue weighted by Crippen LogP contribution is -2.25. The predicted molar refractivity (Wildman–Crippen MR) is 131 cm³/mol. The molecular weight excluding hydrogens is 661 g/mol. The molecule has 0 N–H and O–H groups in total. The van der Waals surface area contributed by atoms with Gasteiger partial charge in [0.05, 0.1) is 11.7 Å². The minimum absolute atomic E-state index is 0.114. The summed E-state index contributed by atoms with van der Waals surface area (Å²) in [4.78, 5) is 0. The minimum Gasteiger partial charge on any atom is -0.613 e. The molecule has 0 amide bonds. The van der Waals surface area contributed by atoms with Crippen LogP contribution in [0.3, 0.4) is 0 Å². The fraction of sp³-hybridized carbons (Fsp3) is 0.650. The van der Waals surface area contributed by atoms with E-state index in [9.17, 15) is 26.7 Å². The van der Waals surface area contributed by atoms with Gasteiger partial charge in [0.15, 0.2) is 0 Å². The van der Waals surface area contributed by atoms with Crippen LogP contribution in [0, 0.1) is 0 Å². The van der Waals surface area contributed by atoms with Crippen LogP contribution in [0.1, 0.15) is 71.1 Å². The zero-order valence-electron chi connectivity index (χ0n) is 17.3. The Morgan fingerprint density at radius 2 is 1.52 bits per heavy atom. The maximum Gasteiger partial charge on any atom is 0.518 e. The van der Waals surface area contributed by atoms with Crippen LogP contribution in [0.15, 0.2) is 35.2 Å². The van der Waals surface area contributed by atoms with Crippen molar-refractivity contribution in [2.45, 2.75) is 76.6 Å². The molecule has 1 rings (SSSR count). The molecule has 0 atom stereocenters. The minimum atomic E-state index is -5.78. The van der Waals surface area contributed by atoms with E-state index >= 15 is 0 Å². The molecule has 0 fully saturated rings. The molecule has 1 aliphatic rings. The smallest absolute Gasteiger partial charge is 0.518 e. The zero-order chi connectivity index (χ0) is 23.5. The number of hydrogen-bond donors (Lipinski definition) is 0. The van der Waals surface area contributed by atoms with Crippen molar-refractivity contribution in [1.29, 1.82) is 0 Å². The van der Waals surface area contributed by atoms with Gasteiger partial charge in [-0.05, 0) is 70.4 Å². The van der Waals surface area contributed by atoms with Crippen molar-refractivity contribution >= 4 is 60.9 Å². The van der Waals surface area contributed by atoms with Crippen molar-refractivity contribution in [3.05, 3.63) is 30.8 Å². The monoisotopic (exact) mass is 688 g/mol. The Morgan fingerprint density at radius 3 is 2.03 bits per heavy atom. The molecule has 11 heteroatoms. The number of ether oxygens (including phenoxy) is 1. The number of hydrogen-bond acceptors (Lipinski definition) is 4. The summed E-state index contributed by atoms with van der Waals surface area (Å²) in [5.41, 5.74) is -6.39. The Kier molecular flexibility index (Phi) is 13.0. The molecule has 31 heavy (non-hydrogen) atoms. The highest BCUT2D eigenvalue weighted by Crippen LogP contribution is 2.32. The first-order valence-electron chi connectivity index (χ1n) is 10.2. The molecular formula is C20H27F3I2NO4S-. The Hall–Kier alpha value is -0.310. The third-order valence-corrected chi connectivity index (χ3v) is 6.94. The lowest BCUT2D eigenvalue weighted by molar-refractivity contribution is -0.358. The number of sulfonamides is 1. The van der Waals surface area contributed by atoms with Crippen LogP contribution >= 0.6 is 45.2 Å². The van der Waals surface area contributed by atoms with Crippen molar-refractivity contribution in [3.63, 3.8) is 0 Å². The molecule has 5 nitrogen and oxygen atoms in total. The largest absolute Gasteiger partial charge is 0.613 e. The maximum absolute atomic E-state index is 12.7. The molecule has 0 aromatic heterocycles. The van der Waals surface area contributed by atoms with Gasteiger partial charge in [0.25, 0.3) is 0 Å². The van der Waals surface area contributed by atoms with Crippen molar-refractivity contribution in [1.82, 2.24) is 0 Å².